The van der Waals surface area contributed by atoms with Gasteiger partial charge >= 0.3 is 0 Å². The summed E-state index contributed by atoms with van der Waals surface area (Å²) in [6.07, 6.45) is 1.48. The second-order valence-electron chi connectivity index (χ2n) is 6.77. The Balaban J connectivity index is 2.08. The third kappa shape index (κ3) is 5.20. The molecule has 2 amide bonds. The maximum absolute atomic E-state index is 12.4. The summed E-state index contributed by atoms with van der Waals surface area (Å²) in [5, 5.41) is 6.11. The van der Waals surface area contributed by atoms with Gasteiger partial charge in [0, 0.05) is 34.4 Å². The van der Waals surface area contributed by atoms with E-state index in [1.54, 1.807) is 31.4 Å². The largest absolute Gasteiger partial charge is 0.496 e. The average Bonchev–Trinajstić information content (AvgIpc) is 2.59. The zero-order chi connectivity index (χ0) is 19.3. The summed E-state index contributed by atoms with van der Waals surface area (Å²) in [6.45, 7) is 5.68. The molecule has 26 heavy (non-hydrogen) atoms. The number of carbonyl (C=O) groups is 2. The molecule has 0 fully saturated rings. The van der Waals surface area contributed by atoms with Gasteiger partial charge in [0.25, 0.3) is 5.91 Å². The summed E-state index contributed by atoms with van der Waals surface area (Å²) in [7, 11) is 1.55. The normalized spacial score (nSPS) is 11.0. The Hall–Kier alpha value is -2.60. The number of amides is 2. The Morgan fingerprint density at radius 2 is 1.92 bits per heavy atom. The van der Waals surface area contributed by atoms with E-state index >= 15 is 0 Å². The monoisotopic (exact) mass is 375 g/mol. The van der Waals surface area contributed by atoms with Gasteiger partial charge in [-0.2, -0.15) is 0 Å². The van der Waals surface area contributed by atoms with Gasteiger partial charge in [-0.3, -0.25) is 14.6 Å². The number of anilines is 1. The van der Waals surface area contributed by atoms with Crippen molar-refractivity contribution in [3.05, 3.63) is 52.8 Å². The molecule has 0 aliphatic carbocycles. The summed E-state index contributed by atoms with van der Waals surface area (Å²) in [5.41, 5.74) is 0.947. The Labute approximate surface area is 157 Å². The third-order valence-corrected chi connectivity index (χ3v) is 3.85. The first-order valence-electron chi connectivity index (χ1n) is 8.09. The van der Waals surface area contributed by atoms with Crippen LogP contribution in [0.1, 0.15) is 36.8 Å². The van der Waals surface area contributed by atoms with Crippen LogP contribution in [-0.2, 0) is 11.3 Å². The molecule has 0 spiro atoms. The van der Waals surface area contributed by atoms with Gasteiger partial charge in [-0.1, -0.05) is 32.4 Å². The van der Waals surface area contributed by atoms with E-state index in [2.05, 4.69) is 15.6 Å². The molecule has 0 aliphatic rings. The first kappa shape index (κ1) is 19.7. The highest BCUT2D eigenvalue weighted by Gasteiger charge is 2.21. The highest BCUT2D eigenvalue weighted by molar-refractivity contribution is 6.30. The van der Waals surface area contributed by atoms with Crippen molar-refractivity contribution < 1.29 is 14.3 Å². The average molecular weight is 376 g/mol. The van der Waals surface area contributed by atoms with Crippen LogP contribution < -0.4 is 15.4 Å². The van der Waals surface area contributed by atoms with Gasteiger partial charge in [0.1, 0.15) is 11.4 Å². The Kier molecular flexibility index (Phi) is 6.21. The molecule has 7 heteroatoms. The predicted octanol–water partition coefficient (Wildman–Crippen LogP) is 3.66. The minimum Gasteiger partial charge on any atom is -0.496 e. The lowest BCUT2D eigenvalue weighted by Gasteiger charge is -2.17. The van der Waals surface area contributed by atoms with Gasteiger partial charge in [0.2, 0.25) is 5.91 Å². The van der Waals surface area contributed by atoms with Crippen molar-refractivity contribution in [2.75, 3.05) is 12.4 Å². The van der Waals surface area contributed by atoms with Crippen LogP contribution >= 0.6 is 11.6 Å². The van der Waals surface area contributed by atoms with E-state index in [-0.39, 0.29) is 24.1 Å². The zero-order valence-electron chi connectivity index (χ0n) is 15.2. The summed E-state index contributed by atoms with van der Waals surface area (Å²) >= 11 is 5.99. The lowest BCUT2D eigenvalue weighted by molar-refractivity contribution is -0.123. The minimum atomic E-state index is -0.533. The predicted molar refractivity (Wildman–Crippen MR) is 101 cm³/mol. The van der Waals surface area contributed by atoms with E-state index in [1.165, 1.54) is 12.3 Å². The molecule has 2 rings (SSSR count). The molecule has 6 nitrogen and oxygen atoms in total. The Morgan fingerprint density at radius 3 is 2.58 bits per heavy atom. The van der Waals surface area contributed by atoms with E-state index in [0.29, 0.717) is 16.5 Å². The number of ether oxygens (including phenoxy) is 1. The number of rotatable bonds is 5. The summed E-state index contributed by atoms with van der Waals surface area (Å²) in [5.74, 6) is 0.131. The maximum atomic E-state index is 12.4. The fraction of sp³-hybridized carbons (Fsp3) is 0.316. The van der Waals surface area contributed by atoms with Crippen LogP contribution in [0.3, 0.4) is 0 Å². The number of hydrogen-bond donors (Lipinski definition) is 2. The molecule has 0 saturated carbocycles. The molecule has 0 atom stereocenters. The van der Waals surface area contributed by atoms with Crippen LogP contribution in [0.4, 0.5) is 5.69 Å². The number of hydrogen-bond acceptors (Lipinski definition) is 4. The number of benzene rings is 1. The van der Waals surface area contributed by atoms with Crippen LogP contribution in [0, 0.1) is 5.41 Å². The maximum Gasteiger partial charge on any atom is 0.270 e. The fourth-order valence-electron chi connectivity index (χ4n) is 2.10. The van der Waals surface area contributed by atoms with E-state index in [4.69, 9.17) is 16.3 Å². The van der Waals surface area contributed by atoms with Crippen LogP contribution in [0.15, 0.2) is 36.5 Å². The summed E-state index contributed by atoms with van der Waals surface area (Å²) < 4.78 is 5.26. The third-order valence-electron chi connectivity index (χ3n) is 3.61. The van der Waals surface area contributed by atoms with Crippen LogP contribution in [0.5, 0.6) is 5.75 Å². The SMILES string of the molecule is COc1ccc(Cl)cc1CNC(=O)c1cc(NC(=O)C(C)(C)C)ccn1. The summed E-state index contributed by atoms with van der Waals surface area (Å²) in [4.78, 5) is 28.5. The molecule has 2 aromatic rings. The van der Waals surface area contributed by atoms with Crippen molar-refractivity contribution in [2.24, 2.45) is 5.41 Å². The number of aromatic nitrogens is 1. The molecule has 2 N–H and O–H groups in total. The molecule has 138 valence electrons. The second-order valence-corrected chi connectivity index (χ2v) is 7.21. The molecule has 0 aliphatic heterocycles. The standard InChI is InChI=1S/C19H22ClN3O3/c1-19(2,3)18(25)23-14-7-8-21-15(10-14)17(24)22-11-12-9-13(20)5-6-16(12)26-4/h5-10H,11H2,1-4H3,(H,22,24)(H,21,23,25). The highest BCUT2D eigenvalue weighted by atomic mass is 35.5. The lowest BCUT2D eigenvalue weighted by Crippen LogP contribution is -2.28. The van der Waals surface area contributed by atoms with Crippen molar-refractivity contribution in [3.63, 3.8) is 0 Å². The van der Waals surface area contributed by atoms with Gasteiger partial charge in [-0.25, -0.2) is 0 Å². The first-order valence-corrected chi connectivity index (χ1v) is 8.46. The first-order chi connectivity index (χ1) is 12.2. The number of halogens is 1. The van der Waals surface area contributed by atoms with E-state index in [9.17, 15) is 9.59 Å². The quantitative estimate of drug-likeness (QED) is 0.835. The van der Waals surface area contributed by atoms with Crippen LogP contribution in [0.25, 0.3) is 0 Å². The topological polar surface area (TPSA) is 80.3 Å². The zero-order valence-corrected chi connectivity index (χ0v) is 16.0. The van der Waals surface area contributed by atoms with Crippen molar-refractivity contribution in [3.8, 4) is 5.75 Å². The van der Waals surface area contributed by atoms with Crippen molar-refractivity contribution in [1.82, 2.24) is 10.3 Å². The second kappa shape index (κ2) is 8.19. The molecule has 0 radical (unpaired) electrons. The van der Waals surface area contributed by atoms with Crippen molar-refractivity contribution in [2.45, 2.75) is 27.3 Å². The smallest absolute Gasteiger partial charge is 0.270 e. The molecular weight excluding hydrogens is 354 g/mol. The highest BCUT2D eigenvalue weighted by Crippen LogP contribution is 2.22. The Bertz CT molecular complexity index is 816. The molecule has 0 saturated heterocycles. The van der Waals surface area contributed by atoms with Gasteiger partial charge in [0.15, 0.2) is 0 Å². The lowest BCUT2D eigenvalue weighted by atomic mass is 9.95. The number of carbonyl (C=O) groups excluding carboxylic acids is 2. The summed E-state index contributed by atoms with van der Waals surface area (Å²) in [6, 6.07) is 8.36. The van der Waals surface area contributed by atoms with Crippen LogP contribution in [-0.4, -0.2) is 23.9 Å². The molecular formula is C19H22ClN3O3. The van der Waals surface area contributed by atoms with Gasteiger partial charge in [0.05, 0.1) is 7.11 Å². The van der Waals surface area contributed by atoms with Crippen molar-refractivity contribution in [1.29, 1.82) is 0 Å². The van der Waals surface area contributed by atoms with Gasteiger partial charge in [-0.05, 0) is 30.3 Å². The Morgan fingerprint density at radius 1 is 1.19 bits per heavy atom. The van der Waals surface area contributed by atoms with E-state index in [1.807, 2.05) is 20.8 Å². The molecule has 1 aromatic carbocycles. The van der Waals surface area contributed by atoms with Gasteiger partial charge < -0.3 is 15.4 Å². The number of methoxy groups -OCH3 is 1. The number of nitrogens with zero attached hydrogens (tertiary/aromatic N) is 1. The fourth-order valence-corrected chi connectivity index (χ4v) is 2.30. The number of pyridine rings is 1. The van der Waals surface area contributed by atoms with Gasteiger partial charge in [-0.15, -0.1) is 0 Å². The van der Waals surface area contributed by atoms with Crippen molar-refractivity contribution >= 4 is 29.1 Å². The van der Waals surface area contributed by atoms with E-state index < -0.39 is 5.41 Å². The molecule has 0 bridgehead atoms. The molecule has 1 aromatic heterocycles. The molecule has 0 unspecified atom stereocenters. The minimum absolute atomic E-state index is 0.140. The van der Waals surface area contributed by atoms with E-state index in [0.717, 1.165) is 5.56 Å². The molecule has 1 heterocycles. The number of nitrogens with one attached hydrogen (secondary N) is 2. The van der Waals surface area contributed by atoms with Crippen LogP contribution in [0.2, 0.25) is 5.02 Å².